The van der Waals surface area contributed by atoms with E-state index in [1.807, 2.05) is 25.1 Å². The number of rotatable bonds is 11. The molecule has 0 atom stereocenters. The molecule has 0 fully saturated rings. The predicted octanol–water partition coefficient (Wildman–Crippen LogP) is 1.85. The van der Waals surface area contributed by atoms with Crippen molar-refractivity contribution in [2.24, 2.45) is 0 Å². The van der Waals surface area contributed by atoms with Crippen LogP contribution >= 0.6 is 0 Å². The maximum Gasteiger partial charge on any atom is 0.161 e. The largest absolute Gasteiger partial charge is 0.493 e. The third-order valence-corrected chi connectivity index (χ3v) is 2.73. The first kappa shape index (κ1) is 16.8. The van der Waals surface area contributed by atoms with E-state index in [0.29, 0.717) is 26.4 Å². The van der Waals surface area contributed by atoms with Gasteiger partial charge in [-0.05, 0) is 24.6 Å². The lowest BCUT2D eigenvalue weighted by atomic mass is 10.2. The van der Waals surface area contributed by atoms with Gasteiger partial charge in [0.15, 0.2) is 11.5 Å². The van der Waals surface area contributed by atoms with Gasteiger partial charge in [0.25, 0.3) is 0 Å². The Labute approximate surface area is 121 Å². The molecule has 0 saturated heterocycles. The van der Waals surface area contributed by atoms with Gasteiger partial charge in [-0.25, -0.2) is 0 Å². The molecule has 0 saturated carbocycles. The van der Waals surface area contributed by atoms with Gasteiger partial charge >= 0.3 is 0 Å². The molecule has 5 heteroatoms. The van der Waals surface area contributed by atoms with Crippen LogP contribution in [0.5, 0.6) is 11.5 Å². The Morgan fingerprint density at radius 3 is 2.60 bits per heavy atom. The average Bonchev–Trinajstić information content (AvgIpc) is 2.48. The van der Waals surface area contributed by atoms with E-state index < -0.39 is 0 Å². The second-order valence-electron chi connectivity index (χ2n) is 4.20. The maximum absolute atomic E-state index is 5.70. The molecule has 1 N–H and O–H groups in total. The third-order valence-electron chi connectivity index (χ3n) is 2.73. The summed E-state index contributed by atoms with van der Waals surface area (Å²) in [7, 11) is 3.33. The van der Waals surface area contributed by atoms with Crippen molar-refractivity contribution in [2.75, 3.05) is 47.2 Å². The number of nitrogens with one attached hydrogen (secondary N) is 1. The van der Waals surface area contributed by atoms with Gasteiger partial charge in [0.1, 0.15) is 6.61 Å². The Balaban J connectivity index is 2.51. The van der Waals surface area contributed by atoms with Gasteiger partial charge in [0, 0.05) is 26.8 Å². The SMILES string of the molecule is CCOCCOc1cc(CNCCOC)ccc1OC. The molecule has 0 unspecified atom stereocenters. The molecule has 1 rings (SSSR count). The van der Waals surface area contributed by atoms with Crippen molar-refractivity contribution >= 4 is 0 Å². The first-order valence-corrected chi connectivity index (χ1v) is 6.89. The Hall–Kier alpha value is -1.30. The molecular formula is C15H25NO4. The third kappa shape index (κ3) is 6.23. The lowest BCUT2D eigenvalue weighted by Crippen LogP contribution is -2.18. The zero-order valence-electron chi connectivity index (χ0n) is 12.6. The molecular weight excluding hydrogens is 258 g/mol. The topological polar surface area (TPSA) is 49.0 Å². The summed E-state index contributed by atoms with van der Waals surface area (Å²) in [5.74, 6) is 1.49. The monoisotopic (exact) mass is 283 g/mol. The summed E-state index contributed by atoms with van der Waals surface area (Å²) in [4.78, 5) is 0. The van der Waals surface area contributed by atoms with E-state index in [4.69, 9.17) is 18.9 Å². The van der Waals surface area contributed by atoms with Crippen molar-refractivity contribution in [3.05, 3.63) is 23.8 Å². The summed E-state index contributed by atoms with van der Waals surface area (Å²) in [6, 6.07) is 5.93. The minimum absolute atomic E-state index is 0.519. The van der Waals surface area contributed by atoms with Crippen molar-refractivity contribution in [3.63, 3.8) is 0 Å². The van der Waals surface area contributed by atoms with E-state index in [2.05, 4.69) is 5.32 Å². The van der Waals surface area contributed by atoms with Crippen LogP contribution in [0.25, 0.3) is 0 Å². The molecule has 0 aliphatic heterocycles. The Bertz CT molecular complexity index is 371. The minimum atomic E-state index is 0.519. The van der Waals surface area contributed by atoms with Gasteiger partial charge in [-0.2, -0.15) is 0 Å². The number of methoxy groups -OCH3 is 2. The van der Waals surface area contributed by atoms with Crippen LogP contribution < -0.4 is 14.8 Å². The summed E-state index contributed by atoms with van der Waals surface area (Å²) >= 11 is 0. The molecule has 114 valence electrons. The van der Waals surface area contributed by atoms with Crippen molar-refractivity contribution in [2.45, 2.75) is 13.5 Å². The van der Waals surface area contributed by atoms with E-state index in [-0.39, 0.29) is 0 Å². The van der Waals surface area contributed by atoms with Gasteiger partial charge in [-0.3, -0.25) is 0 Å². The van der Waals surface area contributed by atoms with Crippen LogP contribution in [-0.4, -0.2) is 47.2 Å². The fraction of sp³-hybridized carbons (Fsp3) is 0.600. The van der Waals surface area contributed by atoms with Crippen LogP contribution in [0.1, 0.15) is 12.5 Å². The molecule has 0 aliphatic carbocycles. The Morgan fingerprint density at radius 2 is 1.90 bits per heavy atom. The molecule has 20 heavy (non-hydrogen) atoms. The maximum atomic E-state index is 5.70. The molecule has 0 aromatic heterocycles. The normalized spacial score (nSPS) is 10.6. The van der Waals surface area contributed by atoms with Crippen LogP contribution in [0.3, 0.4) is 0 Å². The average molecular weight is 283 g/mol. The first-order valence-electron chi connectivity index (χ1n) is 6.89. The summed E-state index contributed by atoms with van der Waals surface area (Å²) in [6.07, 6.45) is 0. The molecule has 0 spiro atoms. The highest BCUT2D eigenvalue weighted by atomic mass is 16.5. The molecule has 1 aromatic rings. The van der Waals surface area contributed by atoms with Crippen LogP contribution in [0.4, 0.5) is 0 Å². The fourth-order valence-corrected chi connectivity index (χ4v) is 1.71. The first-order chi connectivity index (χ1) is 9.81. The lowest BCUT2D eigenvalue weighted by molar-refractivity contribution is 0.109. The van der Waals surface area contributed by atoms with Crippen LogP contribution in [-0.2, 0) is 16.0 Å². The molecule has 0 amide bonds. The number of ether oxygens (including phenoxy) is 4. The highest BCUT2D eigenvalue weighted by Crippen LogP contribution is 2.27. The van der Waals surface area contributed by atoms with Crippen molar-refractivity contribution in [1.29, 1.82) is 0 Å². The van der Waals surface area contributed by atoms with Gasteiger partial charge in [0.2, 0.25) is 0 Å². The Kier molecular flexibility index (Phi) is 8.78. The van der Waals surface area contributed by atoms with E-state index >= 15 is 0 Å². The molecule has 0 radical (unpaired) electrons. The lowest BCUT2D eigenvalue weighted by Gasteiger charge is -2.12. The smallest absolute Gasteiger partial charge is 0.161 e. The minimum Gasteiger partial charge on any atom is -0.493 e. The highest BCUT2D eigenvalue weighted by molar-refractivity contribution is 5.42. The van der Waals surface area contributed by atoms with E-state index in [1.165, 1.54) is 0 Å². The van der Waals surface area contributed by atoms with E-state index in [9.17, 15) is 0 Å². The van der Waals surface area contributed by atoms with Gasteiger partial charge in [-0.1, -0.05) is 6.07 Å². The van der Waals surface area contributed by atoms with Gasteiger partial charge in [0.05, 0.1) is 20.3 Å². The van der Waals surface area contributed by atoms with Crippen molar-refractivity contribution in [3.8, 4) is 11.5 Å². The number of hydrogen-bond donors (Lipinski definition) is 1. The molecule has 0 bridgehead atoms. The zero-order valence-corrected chi connectivity index (χ0v) is 12.6. The van der Waals surface area contributed by atoms with E-state index in [1.54, 1.807) is 14.2 Å². The molecule has 5 nitrogen and oxygen atoms in total. The molecule has 0 heterocycles. The van der Waals surface area contributed by atoms with Gasteiger partial charge < -0.3 is 24.3 Å². The second kappa shape index (κ2) is 10.5. The van der Waals surface area contributed by atoms with Gasteiger partial charge in [-0.15, -0.1) is 0 Å². The Morgan fingerprint density at radius 1 is 1.05 bits per heavy atom. The molecule has 1 aromatic carbocycles. The molecule has 0 aliphatic rings. The fourth-order valence-electron chi connectivity index (χ4n) is 1.71. The number of benzene rings is 1. The standard InChI is InChI=1S/C15H25NO4/c1-4-19-9-10-20-15-11-13(5-6-14(15)18-3)12-16-7-8-17-2/h5-6,11,16H,4,7-10,12H2,1-3H3. The van der Waals surface area contributed by atoms with E-state index in [0.717, 1.165) is 30.2 Å². The van der Waals surface area contributed by atoms with Crippen LogP contribution in [0.15, 0.2) is 18.2 Å². The summed E-state index contributed by atoms with van der Waals surface area (Å²) in [5, 5.41) is 3.30. The summed E-state index contributed by atoms with van der Waals surface area (Å²) in [6.45, 7) is 6.06. The number of hydrogen-bond acceptors (Lipinski definition) is 5. The summed E-state index contributed by atoms with van der Waals surface area (Å²) in [5.41, 5.74) is 1.15. The second-order valence-corrected chi connectivity index (χ2v) is 4.20. The van der Waals surface area contributed by atoms with Crippen LogP contribution in [0, 0.1) is 0 Å². The zero-order chi connectivity index (χ0) is 14.6. The predicted molar refractivity (Wildman–Crippen MR) is 78.6 cm³/mol. The van der Waals surface area contributed by atoms with Crippen molar-refractivity contribution in [1.82, 2.24) is 5.32 Å². The summed E-state index contributed by atoms with van der Waals surface area (Å²) < 4.78 is 21.2. The van der Waals surface area contributed by atoms with Crippen molar-refractivity contribution < 1.29 is 18.9 Å². The van der Waals surface area contributed by atoms with Crippen LogP contribution in [0.2, 0.25) is 0 Å². The highest BCUT2D eigenvalue weighted by Gasteiger charge is 2.05. The quantitative estimate of drug-likeness (QED) is 0.628.